The maximum absolute atomic E-state index is 5.76. The summed E-state index contributed by atoms with van der Waals surface area (Å²) in [6.07, 6.45) is 0. The van der Waals surface area contributed by atoms with E-state index >= 15 is 0 Å². The first kappa shape index (κ1) is 13.8. The molecule has 0 amide bonds. The Bertz CT molecular complexity index is 563. The molecule has 2 N–H and O–H groups in total. The largest absolute Gasteiger partial charge is 0.356 e. The summed E-state index contributed by atoms with van der Waals surface area (Å²) >= 11 is 0. The fourth-order valence-corrected chi connectivity index (χ4v) is 2.25. The van der Waals surface area contributed by atoms with Gasteiger partial charge in [-0.15, -0.1) is 0 Å². The van der Waals surface area contributed by atoms with Gasteiger partial charge in [-0.3, -0.25) is 0 Å². The summed E-state index contributed by atoms with van der Waals surface area (Å²) in [6.45, 7) is 7.17. The first-order chi connectivity index (χ1) is 9.04. The second-order valence-electron chi connectivity index (χ2n) is 5.46. The molecule has 1 heterocycles. The molecule has 0 spiro atoms. The molecule has 2 aromatic rings. The number of fused-ring (bicyclic) bond motifs is 1. The highest BCUT2D eigenvalue weighted by Crippen LogP contribution is 2.27. The van der Waals surface area contributed by atoms with Crippen molar-refractivity contribution in [3.63, 3.8) is 0 Å². The predicted molar refractivity (Wildman–Crippen MR) is 82.3 cm³/mol. The predicted octanol–water partition coefficient (Wildman–Crippen LogP) is 3.17. The van der Waals surface area contributed by atoms with Crippen LogP contribution in [0.5, 0.6) is 0 Å². The van der Waals surface area contributed by atoms with Crippen molar-refractivity contribution < 1.29 is 0 Å². The number of rotatable bonds is 4. The van der Waals surface area contributed by atoms with Crippen molar-refractivity contribution in [2.75, 3.05) is 11.9 Å². The molecular formula is C16H23N3. The van der Waals surface area contributed by atoms with Gasteiger partial charge >= 0.3 is 0 Å². The van der Waals surface area contributed by atoms with Gasteiger partial charge < -0.3 is 10.6 Å². The second kappa shape index (κ2) is 5.57. The lowest BCUT2D eigenvalue weighted by Crippen LogP contribution is -2.34. The Kier molecular flexibility index (Phi) is 4.05. The topological polar surface area (TPSA) is 42.2 Å². The van der Waals surface area contributed by atoms with Gasteiger partial charge in [0.25, 0.3) is 0 Å². The number of nitrogens with two attached hydrogens (primary N) is 1. The lowest BCUT2D eigenvalue weighted by atomic mass is 10.0. The number of benzene rings is 1. The lowest BCUT2D eigenvalue weighted by Gasteiger charge is -2.30. The smallest absolute Gasteiger partial charge is 0.136 e. The third-order valence-electron chi connectivity index (χ3n) is 3.89. The average molecular weight is 257 g/mol. The summed E-state index contributed by atoms with van der Waals surface area (Å²) in [7, 11) is 2.11. The Balaban J connectivity index is 2.57. The molecule has 0 aliphatic carbocycles. The first-order valence-electron chi connectivity index (χ1n) is 6.86. The summed E-state index contributed by atoms with van der Waals surface area (Å²) in [5, 5.41) is 2.39. The van der Waals surface area contributed by atoms with Gasteiger partial charge in [0, 0.05) is 25.0 Å². The number of hydrogen-bond acceptors (Lipinski definition) is 3. The SMILES string of the molecule is CC(C)C(C)N(C)c1nc(CN)cc2ccccc12. The molecule has 102 valence electrons. The highest BCUT2D eigenvalue weighted by atomic mass is 15.2. The highest BCUT2D eigenvalue weighted by Gasteiger charge is 2.17. The van der Waals surface area contributed by atoms with Gasteiger partial charge in [-0.1, -0.05) is 38.1 Å². The Morgan fingerprint density at radius 3 is 2.53 bits per heavy atom. The third-order valence-corrected chi connectivity index (χ3v) is 3.89. The Hall–Kier alpha value is -1.61. The minimum Gasteiger partial charge on any atom is -0.356 e. The van der Waals surface area contributed by atoms with Crippen molar-refractivity contribution in [1.82, 2.24) is 4.98 Å². The van der Waals surface area contributed by atoms with Crippen LogP contribution in [0.2, 0.25) is 0 Å². The van der Waals surface area contributed by atoms with Crippen LogP contribution in [0.3, 0.4) is 0 Å². The number of hydrogen-bond donors (Lipinski definition) is 1. The van der Waals surface area contributed by atoms with Crippen LogP contribution in [0.15, 0.2) is 30.3 Å². The molecule has 3 nitrogen and oxygen atoms in total. The van der Waals surface area contributed by atoms with Gasteiger partial charge in [-0.05, 0) is 24.3 Å². The summed E-state index contributed by atoms with van der Waals surface area (Å²) < 4.78 is 0. The van der Waals surface area contributed by atoms with Crippen molar-refractivity contribution in [3.05, 3.63) is 36.0 Å². The van der Waals surface area contributed by atoms with Crippen LogP contribution in [0.4, 0.5) is 5.82 Å². The van der Waals surface area contributed by atoms with E-state index < -0.39 is 0 Å². The van der Waals surface area contributed by atoms with Crippen LogP contribution < -0.4 is 10.6 Å². The van der Waals surface area contributed by atoms with E-state index in [0.29, 0.717) is 18.5 Å². The van der Waals surface area contributed by atoms with Gasteiger partial charge in [0.2, 0.25) is 0 Å². The summed E-state index contributed by atoms with van der Waals surface area (Å²) in [4.78, 5) is 6.98. The standard InChI is InChI=1S/C16H23N3/c1-11(2)12(3)19(4)16-15-8-6-5-7-13(15)9-14(10-17)18-16/h5-9,11-12H,10,17H2,1-4H3. The number of aromatic nitrogens is 1. The Morgan fingerprint density at radius 2 is 1.89 bits per heavy atom. The number of anilines is 1. The lowest BCUT2D eigenvalue weighted by molar-refractivity contribution is 0.503. The monoisotopic (exact) mass is 257 g/mol. The molecule has 0 aliphatic rings. The highest BCUT2D eigenvalue weighted by molar-refractivity contribution is 5.92. The molecule has 1 aromatic heterocycles. The van der Waals surface area contributed by atoms with Crippen LogP contribution >= 0.6 is 0 Å². The molecule has 0 fully saturated rings. The van der Waals surface area contributed by atoms with Gasteiger partial charge in [0.05, 0.1) is 5.69 Å². The van der Waals surface area contributed by atoms with E-state index in [9.17, 15) is 0 Å². The van der Waals surface area contributed by atoms with Crippen molar-refractivity contribution in [2.45, 2.75) is 33.4 Å². The van der Waals surface area contributed by atoms with Gasteiger partial charge in [0.15, 0.2) is 0 Å². The average Bonchev–Trinajstić information content (AvgIpc) is 2.44. The zero-order valence-corrected chi connectivity index (χ0v) is 12.2. The van der Waals surface area contributed by atoms with E-state index in [1.807, 2.05) is 0 Å². The van der Waals surface area contributed by atoms with Crippen LogP contribution in [0.25, 0.3) is 10.8 Å². The summed E-state index contributed by atoms with van der Waals surface area (Å²) in [6, 6.07) is 10.9. The molecular weight excluding hydrogens is 234 g/mol. The molecule has 0 radical (unpaired) electrons. The molecule has 2 rings (SSSR count). The van der Waals surface area contributed by atoms with E-state index in [1.165, 1.54) is 10.8 Å². The van der Waals surface area contributed by atoms with E-state index in [-0.39, 0.29) is 0 Å². The fourth-order valence-electron chi connectivity index (χ4n) is 2.25. The van der Waals surface area contributed by atoms with E-state index in [4.69, 9.17) is 10.7 Å². The quantitative estimate of drug-likeness (QED) is 0.914. The van der Waals surface area contributed by atoms with Crippen molar-refractivity contribution in [1.29, 1.82) is 0 Å². The summed E-state index contributed by atoms with van der Waals surface area (Å²) in [5.41, 5.74) is 6.71. The zero-order chi connectivity index (χ0) is 14.0. The first-order valence-corrected chi connectivity index (χ1v) is 6.86. The normalized spacial score (nSPS) is 12.9. The van der Waals surface area contributed by atoms with Crippen molar-refractivity contribution in [3.8, 4) is 0 Å². The maximum atomic E-state index is 5.76. The van der Waals surface area contributed by atoms with Crippen LogP contribution in [0.1, 0.15) is 26.5 Å². The fraction of sp³-hybridized carbons (Fsp3) is 0.438. The minimum absolute atomic E-state index is 0.434. The molecule has 3 heteroatoms. The van der Waals surface area contributed by atoms with Gasteiger partial charge in [0.1, 0.15) is 5.82 Å². The van der Waals surface area contributed by atoms with Crippen molar-refractivity contribution in [2.24, 2.45) is 11.7 Å². The van der Waals surface area contributed by atoms with Crippen LogP contribution in [-0.2, 0) is 6.54 Å². The number of pyridine rings is 1. The molecule has 0 saturated heterocycles. The minimum atomic E-state index is 0.434. The molecule has 0 aliphatic heterocycles. The van der Waals surface area contributed by atoms with E-state index in [1.54, 1.807) is 0 Å². The molecule has 1 atom stereocenters. The molecule has 0 bridgehead atoms. The molecule has 1 unspecified atom stereocenters. The maximum Gasteiger partial charge on any atom is 0.136 e. The number of nitrogens with zero attached hydrogens (tertiary/aromatic N) is 2. The zero-order valence-electron chi connectivity index (χ0n) is 12.2. The van der Waals surface area contributed by atoms with Gasteiger partial charge in [-0.25, -0.2) is 4.98 Å². The van der Waals surface area contributed by atoms with Gasteiger partial charge in [-0.2, -0.15) is 0 Å². The van der Waals surface area contributed by atoms with Crippen LogP contribution in [0, 0.1) is 5.92 Å². The second-order valence-corrected chi connectivity index (χ2v) is 5.46. The van der Waals surface area contributed by atoms with E-state index in [0.717, 1.165) is 11.5 Å². The summed E-state index contributed by atoms with van der Waals surface area (Å²) in [5.74, 6) is 1.60. The van der Waals surface area contributed by atoms with Crippen LogP contribution in [-0.4, -0.2) is 18.1 Å². The van der Waals surface area contributed by atoms with Crippen molar-refractivity contribution >= 4 is 16.6 Å². The molecule has 1 aromatic carbocycles. The Morgan fingerprint density at radius 1 is 1.21 bits per heavy atom. The van der Waals surface area contributed by atoms with E-state index in [2.05, 4.69) is 63.1 Å². The molecule has 0 saturated carbocycles. The molecule has 19 heavy (non-hydrogen) atoms. The third kappa shape index (κ3) is 2.71. The Labute approximate surface area is 115 Å².